The molecule has 0 saturated carbocycles. The number of carbonyl (C=O) groups is 2. The highest BCUT2D eigenvalue weighted by Crippen LogP contribution is 2.11. The quantitative estimate of drug-likeness (QED) is 0.644. The highest BCUT2D eigenvalue weighted by atomic mass is 32.1. The molecule has 1 atom stereocenters. The number of aryl methyl sites for hydroxylation is 1. The molecule has 0 aliphatic heterocycles. The molecule has 1 amide bonds. The number of nitrogens with zero attached hydrogens (tertiary/aromatic N) is 2. The van der Waals surface area contributed by atoms with E-state index in [0.717, 1.165) is 5.56 Å². The fourth-order valence-corrected chi connectivity index (χ4v) is 3.36. The molecule has 0 saturated heterocycles. The third-order valence-electron chi connectivity index (χ3n) is 4.24. The van der Waals surface area contributed by atoms with Gasteiger partial charge in [0.1, 0.15) is 12.6 Å². The summed E-state index contributed by atoms with van der Waals surface area (Å²) in [6, 6.07) is 7.62. The van der Waals surface area contributed by atoms with Gasteiger partial charge >= 0.3 is 5.97 Å². The Hall–Kier alpha value is -3.00. The molecule has 146 valence electrons. The number of thiazole rings is 1. The van der Waals surface area contributed by atoms with Gasteiger partial charge in [-0.3, -0.25) is 14.0 Å². The van der Waals surface area contributed by atoms with Gasteiger partial charge in [-0.2, -0.15) is 0 Å². The van der Waals surface area contributed by atoms with E-state index in [0.29, 0.717) is 16.2 Å². The van der Waals surface area contributed by atoms with Crippen LogP contribution in [0.1, 0.15) is 35.5 Å². The van der Waals surface area contributed by atoms with Crippen molar-refractivity contribution in [3.05, 3.63) is 69.1 Å². The molecule has 2 aromatic heterocycles. The van der Waals surface area contributed by atoms with Crippen molar-refractivity contribution in [2.75, 3.05) is 0 Å². The lowest BCUT2D eigenvalue weighted by atomic mass is 10.0. The van der Waals surface area contributed by atoms with E-state index < -0.39 is 12.0 Å². The van der Waals surface area contributed by atoms with Gasteiger partial charge in [0.25, 0.3) is 11.5 Å². The molecule has 28 heavy (non-hydrogen) atoms. The first kappa shape index (κ1) is 19.8. The highest BCUT2D eigenvalue weighted by molar-refractivity contribution is 7.15. The van der Waals surface area contributed by atoms with Crippen LogP contribution < -0.4 is 10.9 Å². The van der Waals surface area contributed by atoms with Gasteiger partial charge < -0.3 is 10.1 Å². The smallest absolute Gasteiger partial charge is 0.329 e. The van der Waals surface area contributed by atoms with Crippen molar-refractivity contribution >= 4 is 28.2 Å². The van der Waals surface area contributed by atoms with Gasteiger partial charge in [-0.1, -0.05) is 31.5 Å². The molecule has 0 radical (unpaired) electrons. The standard InChI is InChI=1S/C20H21N3O4S/c1-12(2)17(22-18(25)14-6-4-13(3)5-7-14)19(26)27-11-15-10-16(24)23-8-9-28-20(23)21-15/h4-10,12,17H,11H2,1-3H3,(H,22,25). The lowest BCUT2D eigenvalue weighted by Crippen LogP contribution is -2.45. The fourth-order valence-electron chi connectivity index (χ4n) is 2.62. The molecule has 0 bridgehead atoms. The monoisotopic (exact) mass is 399 g/mol. The molecule has 8 heteroatoms. The predicted octanol–water partition coefficient (Wildman–Crippen LogP) is 2.56. The molecule has 7 nitrogen and oxygen atoms in total. The minimum absolute atomic E-state index is 0.133. The van der Waals surface area contributed by atoms with Crippen LogP contribution in [0.4, 0.5) is 0 Å². The molecule has 1 unspecified atom stereocenters. The van der Waals surface area contributed by atoms with Crippen molar-refractivity contribution in [2.45, 2.75) is 33.4 Å². The van der Waals surface area contributed by atoms with Gasteiger partial charge in [-0.05, 0) is 25.0 Å². The van der Waals surface area contributed by atoms with Crippen molar-refractivity contribution in [1.82, 2.24) is 14.7 Å². The molecule has 0 aliphatic carbocycles. The van der Waals surface area contributed by atoms with Crippen molar-refractivity contribution in [2.24, 2.45) is 5.92 Å². The van der Waals surface area contributed by atoms with Crippen LogP contribution in [-0.4, -0.2) is 27.3 Å². The summed E-state index contributed by atoms with van der Waals surface area (Å²) in [4.78, 5) is 41.8. The first-order valence-electron chi connectivity index (χ1n) is 8.85. The number of hydrogen-bond acceptors (Lipinski definition) is 6. The summed E-state index contributed by atoms with van der Waals surface area (Å²) in [5.74, 6) is -1.07. The zero-order chi connectivity index (χ0) is 20.3. The van der Waals surface area contributed by atoms with Crippen molar-refractivity contribution in [3.63, 3.8) is 0 Å². The van der Waals surface area contributed by atoms with E-state index in [9.17, 15) is 14.4 Å². The van der Waals surface area contributed by atoms with Crippen LogP contribution in [0.25, 0.3) is 4.96 Å². The highest BCUT2D eigenvalue weighted by Gasteiger charge is 2.26. The first-order chi connectivity index (χ1) is 13.3. The molecule has 2 heterocycles. The summed E-state index contributed by atoms with van der Waals surface area (Å²) >= 11 is 1.32. The molecule has 1 N–H and O–H groups in total. The maximum atomic E-state index is 12.5. The number of fused-ring (bicyclic) bond motifs is 1. The third kappa shape index (κ3) is 4.45. The maximum Gasteiger partial charge on any atom is 0.329 e. The third-order valence-corrected chi connectivity index (χ3v) is 5.00. The van der Waals surface area contributed by atoms with Crippen LogP contribution in [0, 0.1) is 12.8 Å². The van der Waals surface area contributed by atoms with E-state index in [1.165, 1.54) is 21.8 Å². The fraction of sp³-hybridized carbons (Fsp3) is 0.300. The molecular weight excluding hydrogens is 378 g/mol. The van der Waals surface area contributed by atoms with E-state index in [4.69, 9.17) is 4.74 Å². The molecule has 1 aromatic carbocycles. The number of aromatic nitrogens is 2. The Labute approximate surface area is 166 Å². The summed E-state index contributed by atoms with van der Waals surface area (Å²) in [6.07, 6.45) is 1.64. The average molecular weight is 399 g/mol. The topological polar surface area (TPSA) is 89.8 Å². The van der Waals surface area contributed by atoms with Crippen LogP contribution in [0.5, 0.6) is 0 Å². The van der Waals surface area contributed by atoms with Crippen molar-refractivity contribution < 1.29 is 14.3 Å². The zero-order valence-electron chi connectivity index (χ0n) is 15.8. The second kappa shape index (κ2) is 8.35. The van der Waals surface area contributed by atoms with Crippen LogP contribution in [0.2, 0.25) is 0 Å². The number of esters is 1. The minimum Gasteiger partial charge on any atom is -0.458 e. The molecule has 3 aromatic rings. The number of carbonyl (C=O) groups excluding carboxylic acids is 2. The Morgan fingerprint density at radius 1 is 1.25 bits per heavy atom. The van der Waals surface area contributed by atoms with E-state index in [2.05, 4.69) is 10.3 Å². The van der Waals surface area contributed by atoms with Crippen molar-refractivity contribution in [1.29, 1.82) is 0 Å². The molecule has 0 spiro atoms. The van der Waals surface area contributed by atoms with Crippen LogP contribution in [0.15, 0.2) is 46.7 Å². The zero-order valence-corrected chi connectivity index (χ0v) is 16.7. The minimum atomic E-state index is -0.805. The second-order valence-corrected chi connectivity index (χ2v) is 7.68. The number of ether oxygens (including phenoxy) is 1. The Balaban J connectivity index is 1.67. The number of benzene rings is 1. The van der Waals surface area contributed by atoms with Crippen LogP contribution in [-0.2, 0) is 16.1 Å². The Morgan fingerprint density at radius 2 is 1.96 bits per heavy atom. The van der Waals surface area contributed by atoms with Gasteiger partial charge in [-0.15, -0.1) is 11.3 Å². The second-order valence-electron chi connectivity index (χ2n) is 6.81. The first-order valence-corrected chi connectivity index (χ1v) is 9.73. The lowest BCUT2D eigenvalue weighted by Gasteiger charge is -2.21. The Kier molecular flexibility index (Phi) is 5.89. The summed E-state index contributed by atoms with van der Waals surface area (Å²) in [5, 5.41) is 4.49. The van der Waals surface area contributed by atoms with E-state index in [1.54, 1.807) is 23.7 Å². The van der Waals surface area contributed by atoms with Crippen LogP contribution in [0.3, 0.4) is 0 Å². The largest absolute Gasteiger partial charge is 0.458 e. The predicted molar refractivity (Wildman–Crippen MR) is 106 cm³/mol. The summed E-state index contributed by atoms with van der Waals surface area (Å²) < 4.78 is 6.75. The van der Waals surface area contributed by atoms with Crippen LogP contribution >= 0.6 is 11.3 Å². The van der Waals surface area contributed by atoms with Gasteiger partial charge in [0.2, 0.25) is 0 Å². The van der Waals surface area contributed by atoms with E-state index in [-0.39, 0.29) is 24.0 Å². The lowest BCUT2D eigenvalue weighted by molar-refractivity contribution is -0.148. The SMILES string of the molecule is Cc1ccc(C(=O)NC(C(=O)OCc2cc(=O)n3ccsc3n2)C(C)C)cc1. The summed E-state index contributed by atoms with van der Waals surface area (Å²) in [5.41, 5.74) is 1.66. The van der Waals surface area contributed by atoms with Gasteiger partial charge in [0.05, 0.1) is 5.69 Å². The van der Waals surface area contributed by atoms with Gasteiger partial charge in [-0.25, -0.2) is 9.78 Å². The number of hydrogen-bond donors (Lipinski definition) is 1. The Morgan fingerprint density at radius 3 is 2.64 bits per heavy atom. The molecule has 0 aliphatic rings. The van der Waals surface area contributed by atoms with E-state index >= 15 is 0 Å². The maximum absolute atomic E-state index is 12.5. The molecule has 0 fully saturated rings. The molecular formula is C20H21N3O4S. The van der Waals surface area contributed by atoms with Gasteiger partial charge in [0, 0.05) is 23.2 Å². The van der Waals surface area contributed by atoms with E-state index in [1.807, 2.05) is 32.9 Å². The number of nitrogens with one attached hydrogen (secondary N) is 1. The number of rotatable bonds is 6. The normalized spacial score (nSPS) is 12.1. The number of amides is 1. The summed E-state index contributed by atoms with van der Waals surface area (Å²) in [6.45, 7) is 5.45. The van der Waals surface area contributed by atoms with Gasteiger partial charge in [0.15, 0.2) is 4.96 Å². The van der Waals surface area contributed by atoms with Crippen molar-refractivity contribution in [3.8, 4) is 0 Å². The Bertz CT molecular complexity index is 1050. The average Bonchev–Trinajstić information content (AvgIpc) is 3.13. The molecule has 3 rings (SSSR count). The summed E-state index contributed by atoms with van der Waals surface area (Å²) in [7, 11) is 0.